The lowest BCUT2D eigenvalue weighted by atomic mass is 10.1. The maximum atomic E-state index is 10.7. The van der Waals surface area contributed by atoms with E-state index in [1.54, 1.807) is 26.4 Å². The van der Waals surface area contributed by atoms with E-state index >= 15 is 0 Å². The van der Waals surface area contributed by atoms with Crippen LogP contribution in [-0.4, -0.2) is 44.9 Å². The summed E-state index contributed by atoms with van der Waals surface area (Å²) in [5.41, 5.74) is 3.15. The number of benzene rings is 2. The number of aliphatic hydroxyl groups is 1. The molecule has 0 aromatic heterocycles. The summed E-state index contributed by atoms with van der Waals surface area (Å²) in [6, 6.07) is 13.7. The first-order chi connectivity index (χ1) is 13.2. The third kappa shape index (κ3) is 4.88. The van der Waals surface area contributed by atoms with Gasteiger partial charge in [0.25, 0.3) is 0 Å². The van der Waals surface area contributed by atoms with E-state index in [-0.39, 0.29) is 30.5 Å². The fraction of sp³-hybridized carbons (Fsp3) is 0.381. The minimum atomic E-state index is -0.790. The van der Waals surface area contributed by atoms with Gasteiger partial charge in [-0.3, -0.25) is 0 Å². The van der Waals surface area contributed by atoms with Gasteiger partial charge in [0, 0.05) is 24.3 Å². The summed E-state index contributed by atoms with van der Waals surface area (Å²) in [6.07, 6.45) is 0.203. The van der Waals surface area contributed by atoms with E-state index in [1.165, 1.54) is 11.3 Å². The van der Waals surface area contributed by atoms with Crippen molar-refractivity contribution >= 4 is 35.6 Å². The molecule has 1 unspecified atom stereocenters. The van der Waals surface area contributed by atoms with Gasteiger partial charge in [0.1, 0.15) is 17.6 Å². The molecule has 0 fully saturated rings. The van der Waals surface area contributed by atoms with Gasteiger partial charge in [0.2, 0.25) is 0 Å². The SMILES string of the molecule is CCNC(=NCC(O)c1cc(OC)ccc1OC)N1CCc2ccccc21.I. The van der Waals surface area contributed by atoms with Crippen molar-refractivity contribution in [1.29, 1.82) is 0 Å². The van der Waals surface area contributed by atoms with Gasteiger partial charge in [0.15, 0.2) is 5.96 Å². The molecule has 2 aromatic carbocycles. The molecule has 0 amide bonds. The number of methoxy groups -OCH3 is 2. The molecule has 0 spiro atoms. The number of nitrogens with zero attached hydrogens (tertiary/aromatic N) is 2. The van der Waals surface area contributed by atoms with Crippen LogP contribution in [0.1, 0.15) is 24.2 Å². The molecule has 0 bridgehead atoms. The second-order valence-corrected chi connectivity index (χ2v) is 6.35. The number of hydrogen-bond acceptors (Lipinski definition) is 4. The Morgan fingerprint density at radius 3 is 2.71 bits per heavy atom. The normalized spacial score (nSPS) is 14.1. The van der Waals surface area contributed by atoms with E-state index in [0.717, 1.165) is 25.5 Å². The highest BCUT2D eigenvalue weighted by atomic mass is 127. The van der Waals surface area contributed by atoms with Crippen molar-refractivity contribution in [1.82, 2.24) is 5.32 Å². The topological polar surface area (TPSA) is 66.3 Å². The van der Waals surface area contributed by atoms with Gasteiger partial charge < -0.3 is 24.8 Å². The summed E-state index contributed by atoms with van der Waals surface area (Å²) in [5.74, 6) is 2.08. The van der Waals surface area contributed by atoms with E-state index in [9.17, 15) is 5.11 Å². The van der Waals surface area contributed by atoms with Crippen molar-refractivity contribution in [2.45, 2.75) is 19.4 Å². The molecule has 3 rings (SSSR count). The van der Waals surface area contributed by atoms with Crippen molar-refractivity contribution in [2.24, 2.45) is 4.99 Å². The maximum absolute atomic E-state index is 10.7. The molecule has 1 aliphatic rings. The number of aliphatic imine (C=N–C) groups is 1. The number of ether oxygens (including phenoxy) is 2. The number of anilines is 1. The third-order valence-corrected chi connectivity index (χ3v) is 4.69. The van der Waals surface area contributed by atoms with Gasteiger partial charge in [-0.15, -0.1) is 24.0 Å². The molecule has 2 aromatic rings. The van der Waals surface area contributed by atoms with Crippen LogP contribution >= 0.6 is 24.0 Å². The molecule has 152 valence electrons. The van der Waals surface area contributed by atoms with Crippen molar-refractivity contribution in [3.8, 4) is 11.5 Å². The highest BCUT2D eigenvalue weighted by Crippen LogP contribution is 2.30. The number of para-hydroxylation sites is 1. The van der Waals surface area contributed by atoms with Crippen molar-refractivity contribution < 1.29 is 14.6 Å². The first-order valence-corrected chi connectivity index (χ1v) is 9.21. The molecule has 28 heavy (non-hydrogen) atoms. The number of nitrogens with one attached hydrogen (secondary N) is 1. The molecule has 1 atom stereocenters. The summed E-state index contributed by atoms with van der Waals surface area (Å²) in [4.78, 5) is 6.86. The minimum Gasteiger partial charge on any atom is -0.497 e. The van der Waals surface area contributed by atoms with Gasteiger partial charge in [-0.05, 0) is 43.2 Å². The van der Waals surface area contributed by atoms with Crippen LogP contribution in [0.2, 0.25) is 0 Å². The monoisotopic (exact) mass is 497 g/mol. The van der Waals surface area contributed by atoms with Gasteiger partial charge >= 0.3 is 0 Å². The smallest absolute Gasteiger partial charge is 0.198 e. The zero-order chi connectivity index (χ0) is 19.2. The van der Waals surface area contributed by atoms with Crippen LogP contribution in [0, 0.1) is 0 Å². The number of hydrogen-bond donors (Lipinski definition) is 2. The summed E-state index contributed by atoms with van der Waals surface area (Å²) in [5, 5.41) is 14.1. The summed E-state index contributed by atoms with van der Waals surface area (Å²) in [7, 11) is 3.19. The maximum Gasteiger partial charge on any atom is 0.198 e. The Morgan fingerprint density at radius 2 is 2.00 bits per heavy atom. The van der Waals surface area contributed by atoms with E-state index < -0.39 is 6.10 Å². The molecule has 1 heterocycles. The first-order valence-electron chi connectivity index (χ1n) is 9.21. The molecular weight excluding hydrogens is 469 g/mol. The summed E-state index contributed by atoms with van der Waals surface area (Å²) >= 11 is 0. The Balaban J connectivity index is 0.00000280. The van der Waals surface area contributed by atoms with Crippen LogP contribution in [0.4, 0.5) is 5.69 Å². The van der Waals surface area contributed by atoms with Gasteiger partial charge in [-0.2, -0.15) is 0 Å². The van der Waals surface area contributed by atoms with E-state index in [2.05, 4.69) is 33.4 Å². The molecular formula is C21H28IN3O3. The number of fused-ring (bicyclic) bond motifs is 1. The molecule has 0 aliphatic carbocycles. The minimum absolute atomic E-state index is 0. The van der Waals surface area contributed by atoms with Crippen LogP contribution in [0.25, 0.3) is 0 Å². The number of guanidine groups is 1. The zero-order valence-corrected chi connectivity index (χ0v) is 18.8. The highest BCUT2D eigenvalue weighted by Gasteiger charge is 2.23. The van der Waals surface area contributed by atoms with Crippen molar-refractivity contribution in [3.05, 3.63) is 53.6 Å². The van der Waals surface area contributed by atoms with E-state index in [1.807, 2.05) is 19.1 Å². The van der Waals surface area contributed by atoms with Crippen LogP contribution in [0.5, 0.6) is 11.5 Å². The fourth-order valence-corrected chi connectivity index (χ4v) is 3.32. The predicted octanol–water partition coefficient (Wildman–Crippen LogP) is 3.38. The molecule has 7 heteroatoms. The highest BCUT2D eigenvalue weighted by molar-refractivity contribution is 14.0. The Kier molecular flexibility index (Phi) is 8.37. The van der Waals surface area contributed by atoms with E-state index in [0.29, 0.717) is 17.1 Å². The van der Waals surface area contributed by atoms with Gasteiger partial charge in [-0.1, -0.05) is 18.2 Å². The molecule has 2 N–H and O–H groups in total. The molecule has 0 radical (unpaired) electrons. The summed E-state index contributed by atoms with van der Waals surface area (Å²) < 4.78 is 10.6. The van der Waals surface area contributed by atoms with E-state index in [4.69, 9.17) is 9.47 Å². The lowest BCUT2D eigenvalue weighted by molar-refractivity contribution is 0.182. The lowest BCUT2D eigenvalue weighted by Crippen LogP contribution is -2.40. The van der Waals surface area contributed by atoms with Crippen LogP contribution in [-0.2, 0) is 6.42 Å². The molecule has 6 nitrogen and oxygen atoms in total. The van der Waals surface area contributed by atoms with Crippen LogP contribution < -0.4 is 19.7 Å². The Morgan fingerprint density at radius 1 is 1.21 bits per heavy atom. The second-order valence-electron chi connectivity index (χ2n) is 6.35. The standard InChI is InChI=1S/C21H27N3O3.HI/c1-4-22-21(24-12-11-15-7-5-6-8-18(15)24)23-14-19(25)17-13-16(26-2)9-10-20(17)27-3;/h5-10,13,19,25H,4,11-12,14H2,1-3H3,(H,22,23);1H. The van der Waals surface area contributed by atoms with Gasteiger partial charge in [0.05, 0.1) is 20.8 Å². The largest absolute Gasteiger partial charge is 0.497 e. The van der Waals surface area contributed by atoms with Crippen molar-refractivity contribution in [3.63, 3.8) is 0 Å². The Bertz CT molecular complexity index is 813. The predicted molar refractivity (Wildman–Crippen MR) is 123 cm³/mol. The van der Waals surface area contributed by atoms with Gasteiger partial charge in [-0.25, -0.2) is 4.99 Å². The zero-order valence-electron chi connectivity index (χ0n) is 16.5. The molecule has 0 saturated carbocycles. The van der Waals surface area contributed by atoms with Crippen molar-refractivity contribution in [2.75, 3.05) is 38.8 Å². The molecule has 0 saturated heterocycles. The van der Waals surface area contributed by atoms with Crippen LogP contribution in [0.3, 0.4) is 0 Å². The average Bonchev–Trinajstić information content (AvgIpc) is 3.14. The van der Waals surface area contributed by atoms with Crippen LogP contribution in [0.15, 0.2) is 47.5 Å². The Labute approximate surface area is 183 Å². The fourth-order valence-electron chi connectivity index (χ4n) is 3.32. The lowest BCUT2D eigenvalue weighted by Gasteiger charge is -2.23. The third-order valence-electron chi connectivity index (χ3n) is 4.69. The second kappa shape index (κ2) is 10.5. The average molecular weight is 497 g/mol. The molecule has 1 aliphatic heterocycles. The summed E-state index contributed by atoms with van der Waals surface area (Å²) in [6.45, 7) is 3.91. The quantitative estimate of drug-likeness (QED) is 0.364. The number of halogens is 1. The number of rotatable bonds is 6. The Hall–Kier alpha value is -2.00. The number of aliphatic hydroxyl groups excluding tert-OH is 1. The first kappa shape index (κ1) is 22.3.